The monoisotopic (exact) mass is 316 g/mol. The van der Waals surface area contributed by atoms with E-state index >= 15 is 0 Å². The van der Waals surface area contributed by atoms with Crippen molar-refractivity contribution in [3.63, 3.8) is 0 Å². The molecule has 1 heterocycles. The zero-order valence-electron chi connectivity index (χ0n) is 11.9. The van der Waals surface area contributed by atoms with Gasteiger partial charge in [-0.2, -0.15) is 0 Å². The van der Waals surface area contributed by atoms with Crippen molar-refractivity contribution < 1.29 is 10.0 Å². The smallest absolute Gasteiger partial charge is 0.314 e. The van der Waals surface area contributed by atoms with Gasteiger partial charge in [0.25, 0.3) is 0 Å². The fourth-order valence-electron chi connectivity index (χ4n) is 2.49. The number of aromatic hydroxyl groups is 1. The molecule has 1 N–H and O–H groups in total. The van der Waals surface area contributed by atoms with Crippen molar-refractivity contribution >= 4 is 42.9 Å². The van der Waals surface area contributed by atoms with Crippen molar-refractivity contribution in [1.82, 2.24) is 0 Å². The van der Waals surface area contributed by atoms with Gasteiger partial charge in [0.15, 0.2) is 5.43 Å². The maximum Gasteiger partial charge on any atom is 0.314 e. The Balaban J connectivity index is 2.61. The van der Waals surface area contributed by atoms with E-state index < -0.39 is 16.4 Å². The molecule has 3 rings (SSSR count). The molecule has 2 aromatic carbocycles. The van der Waals surface area contributed by atoms with Gasteiger partial charge in [-0.3, -0.25) is 14.9 Å². The van der Waals surface area contributed by atoms with Crippen LogP contribution in [0.3, 0.4) is 0 Å². The molecule has 0 saturated heterocycles. The highest BCUT2D eigenvalue weighted by Gasteiger charge is 2.24. The van der Waals surface area contributed by atoms with Gasteiger partial charge in [0, 0.05) is 34.9 Å². The van der Waals surface area contributed by atoms with Crippen molar-refractivity contribution in [2.24, 2.45) is 0 Å². The summed E-state index contributed by atoms with van der Waals surface area (Å²) in [5.41, 5.74) is -0.461. The summed E-state index contributed by atoms with van der Waals surface area (Å²) in [6.07, 6.45) is 0. The number of benzene rings is 2. The molecule has 0 fully saturated rings. The van der Waals surface area contributed by atoms with Gasteiger partial charge in [0.1, 0.15) is 0 Å². The van der Waals surface area contributed by atoms with E-state index in [9.17, 15) is 20.0 Å². The molecule has 7 heteroatoms. The number of phenols is 1. The van der Waals surface area contributed by atoms with Crippen LogP contribution in [0, 0.1) is 10.1 Å². The van der Waals surface area contributed by atoms with E-state index in [1.807, 2.05) is 6.07 Å². The van der Waals surface area contributed by atoms with Crippen molar-refractivity contribution in [2.45, 2.75) is 0 Å². The van der Waals surface area contributed by atoms with E-state index in [4.69, 9.17) is 0 Å². The second-order valence-electron chi connectivity index (χ2n) is 5.04. The van der Waals surface area contributed by atoms with Gasteiger partial charge in [-0.25, -0.2) is 0 Å². The number of phenolic OH excluding ortho intramolecular Hbond substituents is 1. The van der Waals surface area contributed by atoms with Gasteiger partial charge < -0.3 is 10.0 Å². The van der Waals surface area contributed by atoms with E-state index in [1.165, 1.54) is 22.3 Å². The Morgan fingerprint density at radius 1 is 1.23 bits per heavy atom. The highest BCUT2D eigenvalue weighted by molar-refractivity contribution is 7.24. The van der Waals surface area contributed by atoms with Crippen molar-refractivity contribution in [3.05, 3.63) is 50.7 Å². The summed E-state index contributed by atoms with van der Waals surface area (Å²) in [4.78, 5) is 24.8. The third-order valence-electron chi connectivity index (χ3n) is 3.44. The summed E-state index contributed by atoms with van der Waals surface area (Å²) < 4.78 is 1.24. The molecule has 0 amide bonds. The van der Waals surface area contributed by atoms with Crippen LogP contribution in [0.2, 0.25) is 0 Å². The Hall–Kier alpha value is -2.67. The average Bonchev–Trinajstić information content (AvgIpc) is 2.47. The van der Waals surface area contributed by atoms with E-state index in [1.54, 1.807) is 32.3 Å². The lowest BCUT2D eigenvalue weighted by molar-refractivity contribution is -0.385. The maximum absolute atomic E-state index is 12.7. The molecule has 1 aromatic heterocycles. The predicted octanol–water partition coefficient (Wildman–Crippen LogP) is 3.09. The van der Waals surface area contributed by atoms with E-state index in [0.717, 1.165) is 4.70 Å². The SMILES string of the molecule is CN(C)c1c(O)c([N+](=O)[O-])cc2sc3ccccc3c(=O)c12. The van der Waals surface area contributed by atoms with E-state index in [2.05, 4.69) is 0 Å². The number of rotatable bonds is 2. The maximum atomic E-state index is 12.7. The van der Waals surface area contributed by atoms with Crippen molar-refractivity contribution in [1.29, 1.82) is 0 Å². The summed E-state index contributed by atoms with van der Waals surface area (Å²) in [7, 11) is 3.27. The summed E-state index contributed by atoms with van der Waals surface area (Å²) in [6, 6.07) is 8.35. The van der Waals surface area contributed by atoms with Gasteiger partial charge >= 0.3 is 5.69 Å². The molecule has 0 atom stereocenters. The predicted molar refractivity (Wildman–Crippen MR) is 88.2 cm³/mol. The third-order valence-corrected chi connectivity index (χ3v) is 4.56. The summed E-state index contributed by atoms with van der Waals surface area (Å²) in [6.45, 7) is 0. The van der Waals surface area contributed by atoms with E-state index in [0.29, 0.717) is 15.5 Å². The van der Waals surface area contributed by atoms with Crippen LogP contribution in [0.1, 0.15) is 0 Å². The van der Waals surface area contributed by atoms with Crippen LogP contribution in [0.15, 0.2) is 35.1 Å². The molecule has 0 unspecified atom stereocenters. The molecule has 0 saturated carbocycles. The number of hydrogen-bond donors (Lipinski definition) is 1. The van der Waals surface area contributed by atoms with Crippen molar-refractivity contribution in [3.8, 4) is 5.75 Å². The van der Waals surface area contributed by atoms with Crippen LogP contribution < -0.4 is 10.3 Å². The fraction of sp³-hybridized carbons (Fsp3) is 0.133. The lowest BCUT2D eigenvalue weighted by atomic mass is 10.1. The van der Waals surface area contributed by atoms with Crippen LogP contribution in [0.4, 0.5) is 11.4 Å². The van der Waals surface area contributed by atoms with Crippen LogP contribution in [-0.2, 0) is 0 Å². The number of nitro benzene ring substituents is 1. The molecule has 0 spiro atoms. The topological polar surface area (TPSA) is 83.7 Å². The standard InChI is InChI=1S/C15H12N2O4S/c1-16(2)13-12-11(7-9(15(13)19)17(20)21)22-10-6-4-3-5-8(10)14(12)18/h3-7,19H,1-2H3. The molecule has 0 radical (unpaired) electrons. The normalized spacial score (nSPS) is 11.0. The van der Waals surface area contributed by atoms with Crippen LogP contribution in [0.5, 0.6) is 5.75 Å². The van der Waals surface area contributed by atoms with Gasteiger partial charge in [0.05, 0.1) is 16.0 Å². The Bertz CT molecular complexity index is 979. The Kier molecular flexibility index (Phi) is 3.22. The summed E-state index contributed by atoms with van der Waals surface area (Å²) >= 11 is 1.30. The molecule has 0 bridgehead atoms. The third kappa shape index (κ3) is 1.98. The number of anilines is 1. The largest absolute Gasteiger partial charge is 0.501 e. The molecular weight excluding hydrogens is 304 g/mol. The number of fused-ring (bicyclic) bond motifs is 2. The van der Waals surface area contributed by atoms with Gasteiger partial charge in [-0.15, -0.1) is 11.3 Å². The first-order chi connectivity index (χ1) is 10.4. The highest BCUT2D eigenvalue weighted by Crippen LogP contribution is 2.42. The Morgan fingerprint density at radius 3 is 2.55 bits per heavy atom. The second kappa shape index (κ2) is 4.96. The Morgan fingerprint density at radius 2 is 1.91 bits per heavy atom. The minimum atomic E-state index is -0.645. The molecular formula is C15H12N2O4S. The van der Waals surface area contributed by atoms with Gasteiger partial charge in [-0.05, 0) is 12.1 Å². The molecule has 3 aromatic rings. The second-order valence-corrected chi connectivity index (χ2v) is 6.13. The minimum absolute atomic E-state index is 0.177. The first kappa shape index (κ1) is 14.3. The number of nitro groups is 1. The fourth-order valence-corrected chi connectivity index (χ4v) is 3.61. The zero-order chi connectivity index (χ0) is 16.0. The lowest BCUT2D eigenvalue weighted by Crippen LogP contribution is -2.14. The van der Waals surface area contributed by atoms with Crippen molar-refractivity contribution in [2.75, 3.05) is 19.0 Å². The Labute approximate surface area is 129 Å². The first-order valence-corrected chi connectivity index (χ1v) is 7.26. The van der Waals surface area contributed by atoms with Crippen LogP contribution >= 0.6 is 11.3 Å². The summed E-state index contributed by atoms with van der Waals surface area (Å²) in [5, 5.41) is 22.2. The highest BCUT2D eigenvalue weighted by atomic mass is 32.1. The number of nitrogens with zero attached hydrogens (tertiary/aromatic N) is 2. The minimum Gasteiger partial charge on any atom is -0.501 e. The molecule has 0 aliphatic rings. The van der Waals surface area contributed by atoms with Crippen LogP contribution in [-0.4, -0.2) is 24.1 Å². The lowest BCUT2D eigenvalue weighted by Gasteiger charge is -2.16. The van der Waals surface area contributed by atoms with Gasteiger partial charge in [0.2, 0.25) is 5.75 Å². The molecule has 112 valence electrons. The summed E-state index contributed by atoms with van der Waals surface area (Å²) in [5.74, 6) is -0.484. The van der Waals surface area contributed by atoms with Crippen LogP contribution in [0.25, 0.3) is 20.2 Å². The number of hydrogen-bond acceptors (Lipinski definition) is 6. The molecule has 0 aliphatic heterocycles. The van der Waals surface area contributed by atoms with Gasteiger partial charge in [-0.1, -0.05) is 12.1 Å². The quantitative estimate of drug-likeness (QED) is 0.446. The molecule has 0 aliphatic carbocycles. The first-order valence-electron chi connectivity index (χ1n) is 6.45. The van der Waals surface area contributed by atoms with E-state index in [-0.39, 0.29) is 11.1 Å². The molecule has 22 heavy (non-hydrogen) atoms. The zero-order valence-corrected chi connectivity index (χ0v) is 12.7. The molecule has 6 nitrogen and oxygen atoms in total. The average molecular weight is 316 g/mol.